The number of aromatic nitrogens is 5. The van der Waals surface area contributed by atoms with Crippen LogP contribution in [0.25, 0.3) is 11.4 Å². The number of sulfonamides is 1. The molecule has 11 heteroatoms. The Morgan fingerprint density at radius 1 is 1.20 bits per heavy atom. The molecule has 0 spiro atoms. The summed E-state index contributed by atoms with van der Waals surface area (Å²) in [6, 6.07) is 6.96. The van der Waals surface area contributed by atoms with E-state index in [0.29, 0.717) is 41.3 Å². The van der Waals surface area contributed by atoms with Gasteiger partial charge in [0.2, 0.25) is 10.0 Å². The Morgan fingerprint density at radius 2 is 1.97 bits per heavy atom. The second kappa shape index (κ2) is 8.70. The quantitative estimate of drug-likeness (QED) is 0.496. The zero-order valence-electron chi connectivity index (χ0n) is 16.8. The topological polar surface area (TPSA) is 85.9 Å². The molecule has 1 saturated heterocycles. The summed E-state index contributed by atoms with van der Waals surface area (Å²) in [6.07, 6.45) is 3.44. The largest absolute Gasteiger partial charge is 0.322 e. The second-order valence-electron chi connectivity index (χ2n) is 7.03. The Kier molecular flexibility index (Phi) is 6.19. The van der Waals surface area contributed by atoms with Gasteiger partial charge in [-0.1, -0.05) is 35.5 Å². The SMILES string of the molecule is CCn1c(SCc2ncc(Cl)n2C)nnc1-c1cccc(S(=O)(=O)N2CCCC2)c1. The fourth-order valence-electron chi connectivity index (χ4n) is 3.45. The smallest absolute Gasteiger partial charge is 0.243 e. The Morgan fingerprint density at radius 3 is 2.63 bits per heavy atom. The third-order valence-corrected chi connectivity index (χ3v) is 8.39. The Bertz CT molecular complexity index is 1150. The molecular weight excluding hydrogens is 444 g/mol. The molecule has 0 atom stereocenters. The van der Waals surface area contributed by atoms with E-state index in [0.717, 1.165) is 29.4 Å². The highest BCUT2D eigenvalue weighted by Crippen LogP contribution is 2.29. The third-order valence-electron chi connectivity index (χ3n) is 5.19. The molecule has 1 aromatic carbocycles. The highest BCUT2D eigenvalue weighted by molar-refractivity contribution is 7.98. The summed E-state index contributed by atoms with van der Waals surface area (Å²) in [6.45, 7) is 3.83. The van der Waals surface area contributed by atoms with Gasteiger partial charge in [0.05, 0.1) is 16.8 Å². The lowest BCUT2D eigenvalue weighted by molar-refractivity contribution is 0.477. The van der Waals surface area contributed by atoms with Crippen LogP contribution in [-0.4, -0.2) is 50.1 Å². The molecule has 0 saturated carbocycles. The predicted octanol–water partition coefficient (Wildman–Crippen LogP) is 3.43. The number of halogens is 1. The fourth-order valence-corrected chi connectivity index (χ4v) is 6.16. The van der Waals surface area contributed by atoms with E-state index in [1.165, 1.54) is 11.8 Å². The van der Waals surface area contributed by atoms with Gasteiger partial charge in [0.1, 0.15) is 11.0 Å². The van der Waals surface area contributed by atoms with Gasteiger partial charge >= 0.3 is 0 Å². The van der Waals surface area contributed by atoms with Crippen LogP contribution in [0.2, 0.25) is 5.15 Å². The Labute approximate surface area is 185 Å². The molecule has 4 rings (SSSR count). The van der Waals surface area contributed by atoms with Crippen molar-refractivity contribution in [1.29, 1.82) is 0 Å². The monoisotopic (exact) mass is 466 g/mol. The average Bonchev–Trinajstić information content (AvgIpc) is 3.49. The number of imidazole rings is 1. The molecule has 0 amide bonds. The minimum absolute atomic E-state index is 0.296. The van der Waals surface area contributed by atoms with Crippen LogP contribution in [0.3, 0.4) is 0 Å². The number of thioether (sulfide) groups is 1. The van der Waals surface area contributed by atoms with Gasteiger partial charge in [-0.05, 0) is 31.9 Å². The number of hydrogen-bond acceptors (Lipinski definition) is 6. The third kappa shape index (κ3) is 4.01. The summed E-state index contributed by atoms with van der Waals surface area (Å²) in [7, 11) is -1.61. The first-order valence-corrected chi connectivity index (χ1v) is 12.5. The van der Waals surface area contributed by atoms with Crippen LogP contribution >= 0.6 is 23.4 Å². The maximum Gasteiger partial charge on any atom is 0.243 e. The van der Waals surface area contributed by atoms with Crippen LogP contribution in [0.1, 0.15) is 25.6 Å². The van der Waals surface area contributed by atoms with Crippen molar-refractivity contribution in [3.63, 3.8) is 0 Å². The molecule has 0 radical (unpaired) electrons. The molecule has 8 nitrogen and oxygen atoms in total. The summed E-state index contributed by atoms with van der Waals surface area (Å²) in [4.78, 5) is 4.60. The minimum atomic E-state index is -3.48. The van der Waals surface area contributed by atoms with E-state index in [1.807, 2.05) is 29.2 Å². The summed E-state index contributed by atoms with van der Waals surface area (Å²) >= 11 is 7.58. The number of rotatable bonds is 7. The van der Waals surface area contributed by atoms with Crippen molar-refractivity contribution in [3.05, 3.63) is 41.4 Å². The van der Waals surface area contributed by atoms with E-state index in [-0.39, 0.29) is 0 Å². The molecule has 160 valence electrons. The summed E-state index contributed by atoms with van der Waals surface area (Å²) in [5.41, 5.74) is 0.733. The molecule has 30 heavy (non-hydrogen) atoms. The van der Waals surface area contributed by atoms with Gasteiger partial charge in [0.15, 0.2) is 11.0 Å². The van der Waals surface area contributed by atoms with Crippen LogP contribution in [0.15, 0.2) is 40.5 Å². The molecule has 0 bridgehead atoms. The van der Waals surface area contributed by atoms with Gasteiger partial charge in [-0.15, -0.1) is 10.2 Å². The summed E-state index contributed by atoms with van der Waals surface area (Å²) in [5, 5.41) is 10.0. The first kappa shape index (κ1) is 21.4. The van der Waals surface area contributed by atoms with Crippen molar-refractivity contribution in [2.75, 3.05) is 13.1 Å². The lowest BCUT2D eigenvalue weighted by atomic mass is 10.2. The standard InChI is InChI=1S/C19H23ClN6O2S2/c1-3-26-18(22-23-19(26)29-13-17-21-12-16(20)24(17)2)14-7-6-8-15(11-14)30(27,28)25-9-4-5-10-25/h6-8,11-12H,3-5,9-10,13H2,1-2H3. The molecule has 0 N–H and O–H groups in total. The van der Waals surface area contributed by atoms with Crippen molar-refractivity contribution < 1.29 is 8.42 Å². The minimum Gasteiger partial charge on any atom is -0.322 e. The van der Waals surface area contributed by atoms with E-state index in [2.05, 4.69) is 15.2 Å². The van der Waals surface area contributed by atoms with Crippen molar-refractivity contribution in [2.45, 2.75) is 42.1 Å². The van der Waals surface area contributed by atoms with Crippen LogP contribution in [0.4, 0.5) is 0 Å². The van der Waals surface area contributed by atoms with Crippen LogP contribution in [0, 0.1) is 0 Å². The van der Waals surface area contributed by atoms with Crippen LogP contribution in [0.5, 0.6) is 0 Å². The van der Waals surface area contributed by atoms with Gasteiger partial charge in [0.25, 0.3) is 0 Å². The molecule has 0 aliphatic carbocycles. The number of benzene rings is 1. The van der Waals surface area contributed by atoms with Crippen molar-refractivity contribution >= 4 is 33.4 Å². The maximum atomic E-state index is 12.9. The fraction of sp³-hybridized carbons (Fsp3) is 0.421. The Hall–Kier alpha value is -1.88. The molecular formula is C19H23ClN6O2S2. The summed E-state index contributed by atoms with van der Waals surface area (Å²) in [5.74, 6) is 2.09. The average molecular weight is 467 g/mol. The molecule has 3 heterocycles. The van der Waals surface area contributed by atoms with Crippen LogP contribution < -0.4 is 0 Å². The lowest BCUT2D eigenvalue weighted by Gasteiger charge is -2.16. The second-order valence-corrected chi connectivity index (χ2v) is 10.3. The van der Waals surface area contributed by atoms with Gasteiger partial charge in [0, 0.05) is 32.2 Å². The number of nitrogens with zero attached hydrogens (tertiary/aromatic N) is 6. The van der Waals surface area contributed by atoms with E-state index in [1.54, 1.807) is 28.7 Å². The van der Waals surface area contributed by atoms with Crippen molar-refractivity contribution in [3.8, 4) is 11.4 Å². The molecule has 1 aliphatic rings. The number of hydrogen-bond donors (Lipinski definition) is 0. The van der Waals surface area contributed by atoms with Gasteiger partial charge < -0.3 is 9.13 Å². The van der Waals surface area contributed by atoms with E-state index in [9.17, 15) is 8.42 Å². The molecule has 1 aliphatic heterocycles. The van der Waals surface area contributed by atoms with Gasteiger partial charge in [-0.3, -0.25) is 0 Å². The van der Waals surface area contributed by atoms with Gasteiger partial charge in [-0.2, -0.15) is 4.31 Å². The summed E-state index contributed by atoms with van der Waals surface area (Å²) < 4.78 is 31.2. The maximum absolute atomic E-state index is 12.9. The first-order chi connectivity index (χ1) is 14.4. The molecule has 0 unspecified atom stereocenters. The highest BCUT2D eigenvalue weighted by Gasteiger charge is 2.27. The Balaban J connectivity index is 1.61. The molecule has 3 aromatic rings. The van der Waals surface area contributed by atoms with Crippen molar-refractivity contribution in [1.82, 2.24) is 28.6 Å². The highest BCUT2D eigenvalue weighted by atomic mass is 35.5. The van der Waals surface area contributed by atoms with Crippen molar-refractivity contribution in [2.24, 2.45) is 7.05 Å². The zero-order chi connectivity index (χ0) is 21.3. The zero-order valence-corrected chi connectivity index (χ0v) is 19.2. The van der Waals surface area contributed by atoms with E-state index in [4.69, 9.17) is 11.6 Å². The van der Waals surface area contributed by atoms with E-state index >= 15 is 0 Å². The molecule has 1 fully saturated rings. The van der Waals surface area contributed by atoms with Gasteiger partial charge in [-0.25, -0.2) is 13.4 Å². The van der Waals surface area contributed by atoms with Crippen LogP contribution in [-0.2, 0) is 29.4 Å². The normalized spacial score (nSPS) is 15.2. The molecule has 2 aromatic heterocycles. The lowest BCUT2D eigenvalue weighted by Crippen LogP contribution is -2.27. The van der Waals surface area contributed by atoms with E-state index < -0.39 is 10.0 Å². The first-order valence-electron chi connectivity index (χ1n) is 9.74. The predicted molar refractivity (Wildman–Crippen MR) is 117 cm³/mol.